The van der Waals surface area contributed by atoms with Crippen molar-refractivity contribution >= 4 is 40.7 Å². The number of allylic oxidation sites excluding steroid dienone is 1. The summed E-state index contributed by atoms with van der Waals surface area (Å²) in [4.78, 5) is 22.6. The highest BCUT2D eigenvalue weighted by molar-refractivity contribution is 6.34. The number of benzene rings is 1. The zero-order valence-electron chi connectivity index (χ0n) is 14.5. The largest absolute Gasteiger partial charge is 0.479 e. The van der Waals surface area contributed by atoms with Crippen molar-refractivity contribution in [1.29, 1.82) is 0 Å². The number of aryl methyl sites for hydroxylation is 1. The van der Waals surface area contributed by atoms with Gasteiger partial charge in [-0.2, -0.15) is 5.10 Å². The number of nitro benzene ring substituents is 1. The molecule has 0 bridgehead atoms. The standard InChI is InChI=1S/C18H13Cl2N3O5/c1-22-9-14(20)18(21-22)16(24)6-5-12-3-4-13(28-12)10-27-17-7-2-11(19)8-15(17)23(25)26/h2-9H,10H2,1H3/b6-5+. The summed E-state index contributed by atoms with van der Waals surface area (Å²) in [7, 11) is 1.66. The summed E-state index contributed by atoms with van der Waals surface area (Å²) in [5.41, 5.74) is -0.0948. The van der Waals surface area contributed by atoms with Crippen LogP contribution < -0.4 is 4.74 Å². The Morgan fingerprint density at radius 2 is 2.14 bits per heavy atom. The molecule has 0 unspecified atom stereocenters. The Hall–Kier alpha value is -3.10. The van der Waals surface area contributed by atoms with Gasteiger partial charge in [-0.3, -0.25) is 19.6 Å². The Bertz CT molecular complexity index is 1070. The number of hydrogen-bond donors (Lipinski definition) is 0. The van der Waals surface area contributed by atoms with Crippen LogP contribution in [0, 0.1) is 10.1 Å². The lowest BCUT2D eigenvalue weighted by Gasteiger charge is -2.05. The van der Waals surface area contributed by atoms with Crippen molar-refractivity contribution in [2.24, 2.45) is 7.05 Å². The normalized spacial score (nSPS) is 11.1. The third kappa shape index (κ3) is 4.59. The molecular formula is C18H13Cl2N3O5. The highest BCUT2D eigenvalue weighted by Gasteiger charge is 2.16. The summed E-state index contributed by atoms with van der Waals surface area (Å²) < 4.78 is 12.4. The summed E-state index contributed by atoms with van der Waals surface area (Å²) in [6, 6.07) is 7.40. The fourth-order valence-electron chi connectivity index (χ4n) is 2.33. The molecule has 0 N–H and O–H groups in total. The first-order valence-corrected chi connectivity index (χ1v) is 8.66. The number of halogens is 2. The summed E-state index contributed by atoms with van der Waals surface area (Å²) in [6.07, 6.45) is 4.30. The number of ether oxygens (including phenoxy) is 1. The van der Waals surface area contributed by atoms with Gasteiger partial charge in [-0.15, -0.1) is 0 Å². The molecular weight excluding hydrogens is 409 g/mol. The summed E-state index contributed by atoms with van der Waals surface area (Å²) in [6.45, 7) is -0.0314. The first-order chi connectivity index (χ1) is 13.3. The van der Waals surface area contributed by atoms with Crippen LogP contribution in [-0.2, 0) is 13.7 Å². The Morgan fingerprint density at radius 1 is 1.36 bits per heavy atom. The van der Waals surface area contributed by atoms with Gasteiger partial charge in [0.05, 0.1) is 9.95 Å². The zero-order chi connectivity index (χ0) is 20.3. The third-order valence-electron chi connectivity index (χ3n) is 3.59. The maximum Gasteiger partial charge on any atom is 0.312 e. The second-order valence-electron chi connectivity index (χ2n) is 5.66. The minimum Gasteiger partial charge on any atom is -0.479 e. The van der Waals surface area contributed by atoms with E-state index in [2.05, 4.69) is 5.10 Å². The number of carbonyl (C=O) groups excluding carboxylic acids is 1. The molecule has 0 aliphatic carbocycles. The number of hydrogen-bond acceptors (Lipinski definition) is 6. The lowest BCUT2D eigenvalue weighted by Crippen LogP contribution is -1.98. The van der Waals surface area contributed by atoms with E-state index in [4.69, 9.17) is 32.4 Å². The van der Waals surface area contributed by atoms with Crippen molar-refractivity contribution in [2.45, 2.75) is 6.61 Å². The van der Waals surface area contributed by atoms with Gasteiger partial charge >= 0.3 is 5.69 Å². The van der Waals surface area contributed by atoms with Gasteiger partial charge in [-0.25, -0.2) is 0 Å². The monoisotopic (exact) mass is 421 g/mol. The van der Waals surface area contributed by atoms with Crippen molar-refractivity contribution in [2.75, 3.05) is 0 Å². The quantitative estimate of drug-likeness (QED) is 0.237. The van der Waals surface area contributed by atoms with Crippen molar-refractivity contribution in [1.82, 2.24) is 9.78 Å². The van der Waals surface area contributed by atoms with Gasteiger partial charge in [0.15, 0.2) is 11.4 Å². The molecule has 0 fully saturated rings. The van der Waals surface area contributed by atoms with Gasteiger partial charge in [0.2, 0.25) is 5.78 Å². The molecule has 28 heavy (non-hydrogen) atoms. The molecule has 0 spiro atoms. The smallest absolute Gasteiger partial charge is 0.312 e. The lowest BCUT2D eigenvalue weighted by atomic mass is 10.2. The number of furan rings is 1. The SMILES string of the molecule is Cn1cc(Cl)c(C(=O)/C=C/c2ccc(COc3ccc(Cl)cc3[N+](=O)[O-])o2)n1. The summed E-state index contributed by atoms with van der Waals surface area (Å²) in [5.74, 6) is 0.538. The molecule has 10 heteroatoms. The number of nitrogens with zero attached hydrogens (tertiary/aromatic N) is 3. The van der Waals surface area contributed by atoms with Gasteiger partial charge in [0.1, 0.15) is 18.1 Å². The van der Waals surface area contributed by atoms with E-state index >= 15 is 0 Å². The maximum atomic E-state index is 12.1. The fraction of sp³-hybridized carbons (Fsp3) is 0.111. The van der Waals surface area contributed by atoms with E-state index in [1.54, 1.807) is 19.2 Å². The molecule has 0 aliphatic heterocycles. The Balaban J connectivity index is 1.66. The Labute approximate surface area is 169 Å². The van der Waals surface area contributed by atoms with E-state index in [1.165, 1.54) is 41.2 Å². The van der Waals surface area contributed by atoms with E-state index < -0.39 is 4.92 Å². The van der Waals surface area contributed by atoms with E-state index in [-0.39, 0.29) is 39.6 Å². The number of rotatable bonds is 7. The lowest BCUT2D eigenvalue weighted by molar-refractivity contribution is -0.385. The summed E-state index contributed by atoms with van der Waals surface area (Å²) >= 11 is 11.7. The van der Waals surface area contributed by atoms with Crippen molar-refractivity contribution in [3.05, 3.63) is 80.0 Å². The predicted octanol–water partition coefficient (Wildman–Crippen LogP) is 4.70. The molecule has 3 aromatic rings. The molecule has 0 atom stereocenters. The average Bonchev–Trinajstić information content (AvgIpc) is 3.24. The molecule has 1 aromatic carbocycles. The van der Waals surface area contributed by atoms with Crippen LogP contribution in [0.5, 0.6) is 5.75 Å². The van der Waals surface area contributed by atoms with Crippen LogP contribution in [0.25, 0.3) is 6.08 Å². The van der Waals surface area contributed by atoms with Gasteiger partial charge in [0.25, 0.3) is 0 Å². The third-order valence-corrected chi connectivity index (χ3v) is 4.10. The molecule has 0 amide bonds. The van der Waals surface area contributed by atoms with Crippen molar-refractivity contribution < 1.29 is 18.9 Å². The highest BCUT2D eigenvalue weighted by Crippen LogP contribution is 2.30. The minimum absolute atomic E-state index is 0.0314. The van der Waals surface area contributed by atoms with Gasteiger partial charge in [0, 0.05) is 24.3 Å². The molecule has 144 valence electrons. The second-order valence-corrected chi connectivity index (χ2v) is 6.50. The second kappa shape index (κ2) is 8.28. The number of aromatic nitrogens is 2. The van der Waals surface area contributed by atoms with Crippen LogP contribution >= 0.6 is 23.2 Å². The average molecular weight is 422 g/mol. The van der Waals surface area contributed by atoms with E-state index in [0.29, 0.717) is 11.5 Å². The zero-order valence-corrected chi connectivity index (χ0v) is 16.0. The molecule has 2 heterocycles. The molecule has 0 radical (unpaired) electrons. The van der Waals surface area contributed by atoms with Gasteiger partial charge in [-0.05, 0) is 36.4 Å². The molecule has 3 rings (SSSR count). The van der Waals surface area contributed by atoms with Crippen LogP contribution in [0.15, 0.2) is 47.0 Å². The molecule has 2 aromatic heterocycles. The van der Waals surface area contributed by atoms with Crippen molar-refractivity contribution in [3.8, 4) is 5.75 Å². The summed E-state index contributed by atoms with van der Waals surface area (Å²) in [5, 5.41) is 15.6. The van der Waals surface area contributed by atoms with Crippen LogP contribution in [0.2, 0.25) is 10.0 Å². The van der Waals surface area contributed by atoms with Gasteiger partial charge in [-0.1, -0.05) is 23.2 Å². The van der Waals surface area contributed by atoms with Gasteiger partial charge < -0.3 is 9.15 Å². The Kier molecular flexibility index (Phi) is 5.81. The fourth-order valence-corrected chi connectivity index (χ4v) is 2.77. The van der Waals surface area contributed by atoms with E-state index in [9.17, 15) is 14.9 Å². The number of carbonyl (C=O) groups is 1. The van der Waals surface area contributed by atoms with Crippen LogP contribution in [0.3, 0.4) is 0 Å². The van der Waals surface area contributed by atoms with Crippen LogP contribution in [0.4, 0.5) is 5.69 Å². The number of ketones is 1. The molecule has 0 aliphatic rings. The topological polar surface area (TPSA) is 100 Å². The Morgan fingerprint density at radius 3 is 2.82 bits per heavy atom. The van der Waals surface area contributed by atoms with Crippen LogP contribution in [-0.4, -0.2) is 20.5 Å². The van der Waals surface area contributed by atoms with Crippen molar-refractivity contribution in [3.63, 3.8) is 0 Å². The maximum absolute atomic E-state index is 12.1. The van der Waals surface area contributed by atoms with E-state index in [1.807, 2.05) is 0 Å². The first-order valence-electron chi connectivity index (χ1n) is 7.90. The first kappa shape index (κ1) is 19.7. The minimum atomic E-state index is -0.578. The molecule has 0 saturated carbocycles. The molecule has 0 saturated heterocycles. The predicted molar refractivity (Wildman–Crippen MR) is 103 cm³/mol. The number of nitro groups is 1. The molecule has 8 nitrogen and oxygen atoms in total. The van der Waals surface area contributed by atoms with Crippen LogP contribution in [0.1, 0.15) is 22.0 Å². The van der Waals surface area contributed by atoms with E-state index in [0.717, 1.165) is 0 Å². The highest BCUT2D eigenvalue weighted by atomic mass is 35.5.